The molecular formula is C13H21NO5. The first kappa shape index (κ1) is 14.1. The quantitative estimate of drug-likeness (QED) is 0.807. The predicted molar refractivity (Wildman–Crippen MR) is 66.8 cm³/mol. The Labute approximate surface area is 112 Å². The smallest absolute Gasteiger partial charge is 0.406 e. The maximum atomic E-state index is 11.4. The number of alkyl carbamates (subject to hydrolysis) is 1. The van der Waals surface area contributed by atoms with Crippen LogP contribution in [-0.2, 0) is 14.3 Å². The van der Waals surface area contributed by atoms with Gasteiger partial charge < -0.3 is 19.9 Å². The molecule has 1 saturated carbocycles. The van der Waals surface area contributed by atoms with Crippen LogP contribution in [0.3, 0.4) is 0 Å². The molecule has 2 fully saturated rings. The first-order valence-corrected chi connectivity index (χ1v) is 6.75. The summed E-state index contributed by atoms with van der Waals surface area (Å²) in [6.07, 6.45) is 3.97. The number of amides is 1. The van der Waals surface area contributed by atoms with Gasteiger partial charge in [-0.1, -0.05) is 0 Å². The molecule has 1 heterocycles. The molecule has 6 heteroatoms. The minimum Gasteiger partial charge on any atom is -0.481 e. The minimum atomic E-state index is -0.862. The molecule has 0 aromatic carbocycles. The van der Waals surface area contributed by atoms with Crippen LogP contribution < -0.4 is 5.32 Å². The highest BCUT2D eigenvalue weighted by Crippen LogP contribution is 2.48. The number of nitrogens with one attached hydrogen (secondary N) is 1. The zero-order valence-electron chi connectivity index (χ0n) is 11.2. The standard InChI is InChI=1S/C13H21NO5/c1-18-12(17)14-8-10(11(15)16)9-3-2-6-19-13(7-9)4-5-13/h9-10H,2-8H2,1H3,(H,14,17)(H,15,16)/t9-,10+/m1/s1. The Morgan fingerprint density at radius 1 is 1.53 bits per heavy atom. The van der Waals surface area contributed by atoms with E-state index in [4.69, 9.17) is 4.74 Å². The van der Waals surface area contributed by atoms with Crippen molar-refractivity contribution in [3.8, 4) is 0 Å². The second-order valence-electron chi connectivity index (χ2n) is 5.46. The van der Waals surface area contributed by atoms with Crippen LogP contribution in [0.1, 0.15) is 32.1 Å². The van der Waals surface area contributed by atoms with E-state index in [0.29, 0.717) is 6.61 Å². The molecule has 2 aliphatic rings. The van der Waals surface area contributed by atoms with Gasteiger partial charge in [0.2, 0.25) is 0 Å². The number of carboxylic acids is 1. The molecule has 2 rings (SSSR count). The van der Waals surface area contributed by atoms with Gasteiger partial charge in [-0.05, 0) is 38.0 Å². The van der Waals surface area contributed by atoms with Gasteiger partial charge in [0.1, 0.15) is 0 Å². The van der Waals surface area contributed by atoms with E-state index in [1.165, 1.54) is 7.11 Å². The lowest BCUT2D eigenvalue weighted by atomic mass is 9.84. The van der Waals surface area contributed by atoms with E-state index >= 15 is 0 Å². The first-order valence-electron chi connectivity index (χ1n) is 6.75. The summed E-state index contributed by atoms with van der Waals surface area (Å²) in [6, 6.07) is 0. The average Bonchev–Trinajstić information content (AvgIpc) is 3.17. The van der Waals surface area contributed by atoms with Crippen molar-refractivity contribution in [1.29, 1.82) is 0 Å². The van der Waals surface area contributed by atoms with Crippen molar-refractivity contribution in [1.82, 2.24) is 5.32 Å². The summed E-state index contributed by atoms with van der Waals surface area (Å²) in [6.45, 7) is 0.829. The van der Waals surface area contributed by atoms with E-state index in [1.54, 1.807) is 0 Å². The number of hydrogen-bond acceptors (Lipinski definition) is 4. The summed E-state index contributed by atoms with van der Waals surface area (Å²) in [4.78, 5) is 22.5. The van der Waals surface area contributed by atoms with Gasteiger partial charge in [-0.2, -0.15) is 0 Å². The number of methoxy groups -OCH3 is 1. The van der Waals surface area contributed by atoms with E-state index in [-0.39, 0.29) is 18.1 Å². The van der Waals surface area contributed by atoms with Crippen LogP contribution in [0.5, 0.6) is 0 Å². The van der Waals surface area contributed by atoms with Crippen LogP contribution in [0.15, 0.2) is 0 Å². The average molecular weight is 271 g/mol. The van der Waals surface area contributed by atoms with Crippen LogP contribution in [0.4, 0.5) is 4.79 Å². The summed E-state index contributed by atoms with van der Waals surface area (Å²) in [5, 5.41) is 11.9. The van der Waals surface area contributed by atoms with Crippen molar-refractivity contribution in [3.05, 3.63) is 0 Å². The highest BCUT2D eigenvalue weighted by Gasteiger charge is 2.48. The minimum absolute atomic E-state index is 0.0552. The van der Waals surface area contributed by atoms with Gasteiger partial charge in [-0.15, -0.1) is 0 Å². The molecule has 1 aliphatic carbocycles. The summed E-state index contributed by atoms with van der Waals surface area (Å²) in [5.74, 6) is -1.38. The molecule has 0 bridgehead atoms. The molecular weight excluding hydrogens is 250 g/mol. The Kier molecular flexibility index (Phi) is 4.29. The zero-order valence-corrected chi connectivity index (χ0v) is 11.2. The Balaban J connectivity index is 1.96. The molecule has 0 aromatic heterocycles. The number of rotatable bonds is 4. The number of ether oxygens (including phenoxy) is 2. The molecule has 1 saturated heterocycles. The van der Waals surface area contributed by atoms with Crippen molar-refractivity contribution >= 4 is 12.1 Å². The van der Waals surface area contributed by atoms with E-state index in [2.05, 4.69) is 10.1 Å². The lowest BCUT2D eigenvalue weighted by molar-refractivity contribution is -0.143. The van der Waals surface area contributed by atoms with Crippen molar-refractivity contribution in [2.45, 2.75) is 37.7 Å². The molecule has 0 unspecified atom stereocenters. The highest BCUT2D eigenvalue weighted by atomic mass is 16.5. The molecule has 1 amide bonds. The van der Waals surface area contributed by atoms with Gasteiger partial charge in [0.25, 0.3) is 0 Å². The molecule has 2 atom stereocenters. The summed E-state index contributed by atoms with van der Waals surface area (Å²) in [7, 11) is 1.27. The van der Waals surface area contributed by atoms with E-state index in [1.807, 2.05) is 0 Å². The molecule has 19 heavy (non-hydrogen) atoms. The fraction of sp³-hybridized carbons (Fsp3) is 0.846. The Bertz CT molecular complexity index is 353. The molecule has 0 radical (unpaired) electrons. The van der Waals surface area contributed by atoms with Gasteiger partial charge in [-0.25, -0.2) is 4.79 Å². The maximum Gasteiger partial charge on any atom is 0.406 e. The Hall–Kier alpha value is -1.30. The normalized spacial score (nSPS) is 26.3. The monoisotopic (exact) mass is 271 g/mol. The number of carbonyl (C=O) groups excluding carboxylic acids is 1. The fourth-order valence-electron chi connectivity index (χ4n) is 2.83. The van der Waals surface area contributed by atoms with Crippen LogP contribution in [0.2, 0.25) is 0 Å². The lowest BCUT2D eigenvalue weighted by Crippen LogP contribution is -2.38. The number of carbonyl (C=O) groups is 2. The molecule has 1 spiro atoms. The SMILES string of the molecule is COC(=O)NC[C@H](C(=O)O)[C@@H]1CCCOC2(CC2)C1. The molecule has 6 nitrogen and oxygen atoms in total. The first-order chi connectivity index (χ1) is 9.06. The Morgan fingerprint density at radius 2 is 2.26 bits per heavy atom. The van der Waals surface area contributed by atoms with Crippen LogP contribution in [0, 0.1) is 11.8 Å². The molecule has 0 aromatic rings. The zero-order chi connectivity index (χ0) is 13.9. The van der Waals surface area contributed by atoms with Gasteiger partial charge >= 0.3 is 12.1 Å². The molecule has 2 N–H and O–H groups in total. The van der Waals surface area contributed by atoms with Crippen LogP contribution >= 0.6 is 0 Å². The second-order valence-corrected chi connectivity index (χ2v) is 5.46. The predicted octanol–water partition coefficient (Wildman–Crippen LogP) is 1.39. The van der Waals surface area contributed by atoms with E-state index in [9.17, 15) is 14.7 Å². The molecule has 108 valence electrons. The summed E-state index contributed by atoms with van der Waals surface area (Å²) >= 11 is 0. The summed E-state index contributed by atoms with van der Waals surface area (Å²) < 4.78 is 10.3. The summed E-state index contributed by atoms with van der Waals surface area (Å²) in [5.41, 5.74) is -0.0693. The van der Waals surface area contributed by atoms with Crippen molar-refractivity contribution < 1.29 is 24.2 Å². The molecule has 1 aliphatic heterocycles. The third-order valence-electron chi connectivity index (χ3n) is 4.11. The van der Waals surface area contributed by atoms with E-state index < -0.39 is 18.0 Å². The largest absolute Gasteiger partial charge is 0.481 e. The number of hydrogen-bond donors (Lipinski definition) is 2. The topological polar surface area (TPSA) is 84.9 Å². The van der Waals surface area contributed by atoms with Crippen LogP contribution in [-0.4, -0.2) is 43.0 Å². The van der Waals surface area contributed by atoms with Crippen molar-refractivity contribution in [2.75, 3.05) is 20.3 Å². The lowest BCUT2D eigenvalue weighted by Gasteiger charge is -2.25. The van der Waals surface area contributed by atoms with Crippen LogP contribution in [0.25, 0.3) is 0 Å². The van der Waals surface area contributed by atoms with Gasteiger partial charge in [-0.3, -0.25) is 4.79 Å². The van der Waals surface area contributed by atoms with Crippen molar-refractivity contribution in [3.63, 3.8) is 0 Å². The maximum absolute atomic E-state index is 11.4. The van der Waals surface area contributed by atoms with Gasteiger partial charge in [0.05, 0.1) is 18.6 Å². The fourth-order valence-corrected chi connectivity index (χ4v) is 2.83. The van der Waals surface area contributed by atoms with Gasteiger partial charge in [0.15, 0.2) is 0 Å². The third kappa shape index (κ3) is 3.59. The number of aliphatic carboxylic acids is 1. The van der Waals surface area contributed by atoms with E-state index in [0.717, 1.165) is 32.1 Å². The van der Waals surface area contributed by atoms with Gasteiger partial charge in [0, 0.05) is 13.2 Å². The highest BCUT2D eigenvalue weighted by molar-refractivity contribution is 5.72. The Morgan fingerprint density at radius 3 is 2.84 bits per heavy atom. The van der Waals surface area contributed by atoms with Crippen molar-refractivity contribution in [2.24, 2.45) is 11.8 Å². The second kappa shape index (κ2) is 5.77. The number of carboxylic acid groups (broad SMARTS) is 1. The third-order valence-corrected chi connectivity index (χ3v) is 4.11.